The molecule has 3 nitrogen and oxygen atoms in total. The van der Waals surface area contributed by atoms with Gasteiger partial charge in [0.25, 0.3) is 0 Å². The molecule has 0 aliphatic carbocycles. The van der Waals surface area contributed by atoms with Crippen LogP contribution in [0.4, 0.5) is 19.0 Å². The third kappa shape index (κ3) is 3.72. The molecule has 0 aromatic carbocycles. The summed E-state index contributed by atoms with van der Waals surface area (Å²) in [5.41, 5.74) is -0.704. The third-order valence-electron chi connectivity index (χ3n) is 3.38. The van der Waals surface area contributed by atoms with Crippen LogP contribution in [0.15, 0.2) is 31.0 Å². The number of pyridine rings is 1. The van der Waals surface area contributed by atoms with E-state index in [0.29, 0.717) is 5.82 Å². The average molecular weight is 285 g/mol. The molecule has 0 atom stereocenters. The maximum Gasteiger partial charge on any atom is 0.417 e. The number of rotatable bonds is 3. The zero-order chi connectivity index (χ0) is 14.6. The lowest BCUT2D eigenvalue weighted by atomic mass is 10.2. The van der Waals surface area contributed by atoms with Crippen molar-refractivity contribution in [2.24, 2.45) is 0 Å². The zero-order valence-electron chi connectivity index (χ0n) is 11.2. The van der Waals surface area contributed by atoms with Crippen LogP contribution in [0.2, 0.25) is 0 Å². The maximum atomic E-state index is 12.5. The van der Waals surface area contributed by atoms with E-state index in [0.717, 1.165) is 51.4 Å². The fourth-order valence-electron chi connectivity index (χ4n) is 2.31. The van der Waals surface area contributed by atoms with E-state index in [1.807, 2.05) is 11.0 Å². The van der Waals surface area contributed by atoms with Gasteiger partial charge >= 0.3 is 6.18 Å². The molecule has 1 aliphatic rings. The van der Waals surface area contributed by atoms with Crippen LogP contribution in [0.3, 0.4) is 0 Å². The summed E-state index contributed by atoms with van der Waals surface area (Å²) in [5, 5.41) is 0. The van der Waals surface area contributed by atoms with Crippen molar-refractivity contribution in [3.8, 4) is 0 Å². The summed E-state index contributed by atoms with van der Waals surface area (Å²) in [4.78, 5) is 8.25. The molecule has 20 heavy (non-hydrogen) atoms. The monoisotopic (exact) mass is 285 g/mol. The Bertz CT molecular complexity index is 442. The summed E-state index contributed by atoms with van der Waals surface area (Å²) in [5.74, 6) is 0.610. The first-order valence-corrected chi connectivity index (χ1v) is 6.62. The number of nitrogens with zero attached hydrogens (tertiary/aromatic N) is 3. The van der Waals surface area contributed by atoms with E-state index in [4.69, 9.17) is 0 Å². The van der Waals surface area contributed by atoms with Crippen LogP contribution in [-0.2, 0) is 6.18 Å². The Morgan fingerprint density at radius 1 is 1.20 bits per heavy atom. The van der Waals surface area contributed by atoms with Crippen LogP contribution in [0.5, 0.6) is 0 Å². The highest BCUT2D eigenvalue weighted by atomic mass is 19.4. The lowest BCUT2D eigenvalue weighted by Gasteiger charge is -2.22. The molecule has 0 saturated carbocycles. The second kappa shape index (κ2) is 6.26. The normalized spacial score (nSPS) is 17.9. The van der Waals surface area contributed by atoms with Crippen molar-refractivity contribution in [3.63, 3.8) is 0 Å². The summed E-state index contributed by atoms with van der Waals surface area (Å²) in [7, 11) is 0. The minimum Gasteiger partial charge on any atom is -0.355 e. The topological polar surface area (TPSA) is 19.4 Å². The van der Waals surface area contributed by atoms with Gasteiger partial charge in [0.2, 0.25) is 0 Å². The minimum absolute atomic E-state index is 0.610. The zero-order valence-corrected chi connectivity index (χ0v) is 11.2. The molecule has 0 N–H and O–H groups in total. The van der Waals surface area contributed by atoms with Crippen molar-refractivity contribution >= 4 is 5.82 Å². The molecule has 1 fully saturated rings. The highest BCUT2D eigenvalue weighted by Gasteiger charge is 2.30. The fraction of sp³-hybridized carbons (Fsp3) is 0.500. The number of anilines is 1. The molecule has 1 aliphatic heterocycles. The van der Waals surface area contributed by atoms with E-state index in [2.05, 4.69) is 16.5 Å². The smallest absolute Gasteiger partial charge is 0.355 e. The molecule has 0 bridgehead atoms. The minimum atomic E-state index is -4.33. The molecular formula is C14H18F3N3. The predicted octanol–water partition coefficient (Wildman–Crippen LogP) is 2.80. The average Bonchev–Trinajstić information content (AvgIpc) is 2.64. The number of aromatic nitrogens is 1. The van der Waals surface area contributed by atoms with E-state index in [1.54, 1.807) is 0 Å². The van der Waals surface area contributed by atoms with Crippen LogP contribution in [0.25, 0.3) is 0 Å². The molecule has 2 heterocycles. The second-order valence-electron chi connectivity index (χ2n) is 4.83. The molecule has 6 heteroatoms. The van der Waals surface area contributed by atoms with Gasteiger partial charge in [-0.05, 0) is 18.6 Å². The summed E-state index contributed by atoms with van der Waals surface area (Å²) in [6.07, 6.45) is -0.588. The quantitative estimate of drug-likeness (QED) is 0.796. The highest BCUT2D eigenvalue weighted by molar-refractivity contribution is 5.40. The number of hydrogen-bond acceptors (Lipinski definition) is 3. The van der Waals surface area contributed by atoms with Crippen molar-refractivity contribution in [2.75, 3.05) is 37.6 Å². The van der Waals surface area contributed by atoms with Gasteiger partial charge < -0.3 is 4.90 Å². The molecule has 0 unspecified atom stereocenters. The van der Waals surface area contributed by atoms with Crippen molar-refractivity contribution in [1.29, 1.82) is 0 Å². The summed E-state index contributed by atoms with van der Waals surface area (Å²) in [6, 6.07) is 2.54. The lowest BCUT2D eigenvalue weighted by molar-refractivity contribution is -0.137. The summed E-state index contributed by atoms with van der Waals surface area (Å²) in [6.45, 7) is 7.99. The van der Waals surface area contributed by atoms with Crippen LogP contribution in [0, 0.1) is 0 Å². The number of hydrogen-bond donors (Lipinski definition) is 0. The number of halogens is 3. The third-order valence-corrected chi connectivity index (χ3v) is 3.38. The fourth-order valence-corrected chi connectivity index (χ4v) is 2.31. The van der Waals surface area contributed by atoms with Crippen molar-refractivity contribution < 1.29 is 13.2 Å². The largest absolute Gasteiger partial charge is 0.417 e. The van der Waals surface area contributed by atoms with Gasteiger partial charge in [0.05, 0.1) is 5.56 Å². The van der Waals surface area contributed by atoms with Gasteiger partial charge in [-0.2, -0.15) is 13.2 Å². The Kier molecular flexibility index (Phi) is 4.65. The maximum absolute atomic E-state index is 12.5. The molecule has 1 saturated heterocycles. The molecule has 110 valence electrons. The van der Waals surface area contributed by atoms with E-state index in [1.165, 1.54) is 6.07 Å². The van der Waals surface area contributed by atoms with Gasteiger partial charge in [0.1, 0.15) is 5.82 Å². The van der Waals surface area contributed by atoms with E-state index >= 15 is 0 Å². The van der Waals surface area contributed by atoms with Crippen LogP contribution in [0.1, 0.15) is 12.0 Å². The van der Waals surface area contributed by atoms with Gasteiger partial charge in [-0.15, -0.1) is 6.58 Å². The van der Waals surface area contributed by atoms with E-state index in [9.17, 15) is 13.2 Å². The van der Waals surface area contributed by atoms with Gasteiger partial charge in [0.15, 0.2) is 0 Å². The van der Waals surface area contributed by atoms with Gasteiger partial charge in [-0.3, -0.25) is 4.90 Å². The first-order chi connectivity index (χ1) is 9.50. The lowest BCUT2D eigenvalue weighted by Crippen LogP contribution is -2.31. The Balaban J connectivity index is 2.03. The standard InChI is InChI=1S/C14H18F3N3/c1-2-6-19-7-3-8-20(10-9-19)13-5-4-12(11-18-13)14(15,16)17/h2,4-5,11H,1,3,6-10H2. The second-order valence-corrected chi connectivity index (χ2v) is 4.83. The molecule has 1 aromatic heterocycles. The number of alkyl halides is 3. The highest BCUT2D eigenvalue weighted by Crippen LogP contribution is 2.29. The van der Waals surface area contributed by atoms with Crippen LogP contribution >= 0.6 is 0 Å². The predicted molar refractivity (Wildman–Crippen MR) is 72.7 cm³/mol. The Morgan fingerprint density at radius 2 is 2.00 bits per heavy atom. The molecule has 0 amide bonds. The van der Waals surface area contributed by atoms with E-state index in [-0.39, 0.29) is 0 Å². The van der Waals surface area contributed by atoms with Crippen molar-refractivity contribution in [3.05, 3.63) is 36.5 Å². The Hall–Kier alpha value is -1.56. The molecule has 1 aromatic rings. The molecule has 0 spiro atoms. The van der Waals surface area contributed by atoms with Crippen molar-refractivity contribution in [2.45, 2.75) is 12.6 Å². The Labute approximate surface area is 116 Å². The first kappa shape index (κ1) is 14.8. The van der Waals surface area contributed by atoms with Crippen LogP contribution < -0.4 is 4.90 Å². The van der Waals surface area contributed by atoms with Gasteiger partial charge in [0, 0.05) is 38.9 Å². The van der Waals surface area contributed by atoms with Gasteiger partial charge in [-0.1, -0.05) is 6.08 Å². The summed E-state index contributed by atoms with van der Waals surface area (Å²) < 4.78 is 37.5. The van der Waals surface area contributed by atoms with Crippen LogP contribution in [-0.4, -0.2) is 42.6 Å². The first-order valence-electron chi connectivity index (χ1n) is 6.62. The van der Waals surface area contributed by atoms with Crippen molar-refractivity contribution in [1.82, 2.24) is 9.88 Å². The van der Waals surface area contributed by atoms with E-state index < -0.39 is 11.7 Å². The molecule has 2 rings (SSSR count). The van der Waals surface area contributed by atoms with Gasteiger partial charge in [-0.25, -0.2) is 4.98 Å². The summed E-state index contributed by atoms with van der Waals surface area (Å²) >= 11 is 0. The SMILES string of the molecule is C=CCN1CCCN(c2ccc(C(F)(F)F)cn2)CC1. The Morgan fingerprint density at radius 3 is 2.60 bits per heavy atom. The molecule has 0 radical (unpaired) electrons. The molecular weight excluding hydrogens is 267 g/mol.